The smallest absolute Gasteiger partial charge is 0.251 e. The molecular weight excluding hydrogens is 478 g/mol. The van der Waals surface area contributed by atoms with Crippen LogP contribution in [0, 0.1) is 13.8 Å². The van der Waals surface area contributed by atoms with E-state index >= 15 is 0 Å². The largest absolute Gasteiger partial charge is 0.342 e. The van der Waals surface area contributed by atoms with Gasteiger partial charge in [-0.3, -0.25) is 9.59 Å². The fourth-order valence-electron chi connectivity index (χ4n) is 2.96. The predicted octanol–water partition coefficient (Wildman–Crippen LogP) is 4.42. The van der Waals surface area contributed by atoms with Crippen molar-refractivity contribution in [3.8, 4) is 0 Å². The van der Waals surface area contributed by atoms with Crippen molar-refractivity contribution < 1.29 is 9.59 Å². The van der Waals surface area contributed by atoms with Gasteiger partial charge >= 0.3 is 0 Å². The molecular formula is C22H24BrN5O2S. The first-order valence-corrected chi connectivity index (χ1v) is 11.5. The molecule has 1 heterocycles. The maximum Gasteiger partial charge on any atom is 0.251 e. The van der Waals surface area contributed by atoms with E-state index in [0.717, 1.165) is 21.3 Å². The van der Waals surface area contributed by atoms with Gasteiger partial charge in [-0.05, 0) is 56.7 Å². The zero-order valence-corrected chi connectivity index (χ0v) is 20.2. The quantitative estimate of drug-likeness (QED) is 0.467. The van der Waals surface area contributed by atoms with Crippen LogP contribution in [0.3, 0.4) is 0 Å². The van der Waals surface area contributed by atoms with Crippen LogP contribution in [-0.4, -0.2) is 32.3 Å². The lowest BCUT2D eigenvalue weighted by atomic mass is 10.1. The summed E-state index contributed by atoms with van der Waals surface area (Å²) in [7, 11) is 1.82. The molecule has 0 unspecified atom stereocenters. The maximum absolute atomic E-state index is 12.5. The zero-order chi connectivity index (χ0) is 22.5. The molecule has 0 radical (unpaired) electrons. The lowest BCUT2D eigenvalue weighted by molar-refractivity contribution is -0.113. The standard InChI is InChI=1S/C22H24BrN5O2S/c1-13-5-7-16(8-6-13)21(30)24-15(3)20-26-27-22(28(20)4)31-12-19(29)25-18-10-9-17(23)11-14(18)2/h5-11,15H,12H2,1-4H3,(H,24,30)(H,25,29)/t15-/m1/s1. The lowest BCUT2D eigenvalue weighted by Gasteiger charge is -2.14. The second kappa shape index (κ2) is 10.1. The Morgan fingerprint density at radius 1 is 1.13 bits per heavy atom. The summed E-state index contributed by atoms with van der Waals surface area (Å²) < 4.78 is 2.76. The number of rotatable bonds is 7. The molecule has 2 aromatic carbocycles. The van der Waals surface area contributed by atoms with Gasteiger partial charge in [-0.2, -0.15) is 0 Å². The van der Waals surface area contributed by atoms with Gasteiger partial charge < -0.3 is 15.2 Å². The van der Waals surface area contributed by atoms with Crippen LogP contribution < -0.4 is 10.6 Å². The van der Waals surface area contributed by atoms with Gasteiger partial charge in [0.05, 0.1) is 11.8 Å². The number of halogens is 1. The SMILES string of the molecule is Cc1ccc(C(=O)N[C@H](C)c2nnc(SCC(=O)Nc3ccc(Br)cc3C)n2C)cc1. The van der Waals surface area contributed by atoms with Crippen molar-refractivity contribution in [2.24, 2.45) is 7.05 Å². The highest BCUT2D eigenvalue weighted by Gasteiger charge is 2.19. The van der Waals surface area contributed by atoms with Crippen molar-refractivity contribution in [1.29, 1.82) is 0 Å². The molecule has 9 heteroatoms. The van der Waals surface area contributed by atoms with Crippen LogP contribution in [0.25, 0.3) is 0 Å². The Kier molecular flexibility index (Phi) is 7.50. The molecule has 0 bridgehead atoms. The highest BCUT2D eigenvalue weighted by molar-refractivity contribution is 9.10. The van der Waals surface area contributed by atoms with Gasteiger partial charge in [0.2, 0.25) is 5.91 Å². The Hall–Kier alpha value is -2.65. The molecule has 0 aliphatic rings. The van der Waals surface area contributed by atoms with Gasteiger partial charge in [-0.15, -0.1) is 10.2 Å². The average molecular weight is 502 g/mol. The van der Waals surface area contributed by atoms with E-state index in [1.807, 2.05) is 58.2 Å². The number of aryl methyl sites for hydroxylation is 2. The fourth-order valence-corrected chi connectivity index (χ4v) is 4.16. The number of aromatic nitrogens is 3. The molecule has 162 valence electrons. The molecule has 1 aromatic heterocycles. The number of carbonyl (C=O) groups is 2. The van der Waals surface area contributed by atoms with Crippen molar-refractivity contribution in [1.82, 2.24) is 20.1 Å². The number of thioether (sulfide) groups is 1. The summed E-state index contributed by atoms with van der Waals surface area (Å²) in [5.41, 5.74) is 3.44. The molecule has 0 saturated heterocycles. The zero-order valence-electron chi connectivity index (χ0n) is 17.8. The van der Waals surface area contributed by atoms with Crippen LogP contribution in [0.2, 0.25) is 0 Å². The molecule has 0 aliphatic carbocycles. The van der Waals surface area contributed by atoms with E-state index < -0.39 is 0 Å². The summed E-state index contributed by atoms with van der Waals surface area (Å²) in [4.78, 5) is 24.8. The minimum Gasteiger partial charge on any atom is -0.342 e. The van der Waals surface area contributed by atoms with E-state index in [0.29, 0.717) is 16.5 Å². The van der Waals surface area contributed by atoms with E-state index in [1.165, 1.54) is 11.8 Å². The number of amides is 2. The molecule has 0 spiro atoms. The van der Waals surface area contributed by atoms with E-state index in [9.17, 15) is 9.59 Å². The Bertz CT molecular complexity index is 1100. The van der Waals surface area contributed by atoms with Gasteiger partial charge in [0, 0.05) is 22.8 Å². The van der Waals surface area contributed by atoms with E-state index in [2.05, 4.69) is 36.8 Å². The third kappa shape index (κ3) is 5.95. The Balaban J connectivity index is 1.58. The van der Waals surface area contributed by atoms with E-state index in [-0.39, 0.29) is 23.6 Å². The summed E-state index contributed by atoms with van der Waals surface area (Å²) >= 11 is 4.71. The topological polar surface area (TPSA) is 88.9 Å². The summed E-state index contributed by atoms with van der Waals surface area (Å²) in [6.07, 6.45) is 0. The summed E-state index contributed by atoms with van der Waals surface area (Å²) in [5.74, 6) is 0.521. The molecule has 1 atom stereocenters. The van der Waals surface area contributed by atoms with Gasteiger partial charge in [0.15, 0.2) is 11.0 Å². The second-order valence-electron chi connectivity index (χ2n) is 7.26. The molecule has 2 N–H and O–H groups in total. The van der Waals surface area contributed by atoms with E-state index in [1.54, 1.807) is 16.7 Å². The van der Waals surface area contributed by atoms with Crippen molar-refractivity contribution in [3.63, 3.8) is 0 Å². The van der Waals surface area contributed by atoms with Crippen molar-refractivity contribution >= 4 is 45.2 Å². The molecule has 3 aromatic rings. The highest BCUT2D eigenvalue weighted by atomic mass is 79.9. The monoisotopic (exact) mass is 501 g/mol. The molecule has 2 amide bonds. The van der Waals surface area contributed by atoms with Crippen LogP contribution in [-0.2, 0) is 11.8 Å². The number of hydrogen-bond donors (Lipinski definition) is 2. The first-order valence-electron chi connectivity index (χ1n) is 9.70. The normalized spacial score (nSPS) is 11.8. The third-order valence-electron chi connectivity index (χ3n) is 4.71. The van der Waals surface area contributed by atoms with Crippen molar-refractivity contribution in [3.05, 3.63) is 69.5 Å². The number of nitrogens with zero attached hydrogens (tertiary/aromatic N) is 3. The summed E-state index contributed by atoms with van der Waals surface area (Å²) in [6.45, 7) is 5.77. The fraction of sp³-hybridized carbons (Fsp3) is 0.273. The van der Waals surface area contributed by atoms with Crippen molar-refractivity contribution in [2.75, 3.05) is 11.1 Å². The number of nitrogens with one attached hydrogen (secondary N) is 2. The van der Waals surface area contributed by atoms with Gasteiger partial charge in [-0.1, -0.05) is 45.4 Å². The number of hydrogen-bond acceptors (Lipinski definition) is 5. The second-order valence-corrected chi connectivity index (χ2v) is 9.12. The van der Waals surface area contributed by atoms with E-state index in [4.69, 9.17) is 0 Å². The molecule has 3 rings (SSSR count). The van der Waals surface area contributed by atoms with Gasteiger partial charge in [-0.25, -0.2) is 0 Å². The van der Waals surface area contributed by atoms with Crippen LogP contribution in [0.5, 0.6) is 0 Å². The summed E-state index contributed by atoms with van der Waals surface area (Å²) in [5, 5.41) is 14.8. The van der Waals surface area contributed by atoms with Crippen molar-refractivity contribution in [2.45, 2.75) is 32.0 Å². The number of benzene rings is 2. The highest BCUT2D eigenvalue weighted by Crippen LogP contribution is 2.22. The third-order valence-corrected chi connectivity index (χ3v) is 6.23. The van der Waals surface area contributed by atoms with Crippen LogP contribution >= 0.6 is 27.7 Å². The minimum absolute atomic E-state index is 0.124. The first kappa shape index (κ1) is 23.0. The Morgan fingerprint density at radius 2 is 1.84 bits per heavy atom. The molecule has 0 aliphatic heterocycles. The number of anilines is 1. The minimum atomic E-state index is -0.333. The van der Waals surface area contributed by atoms with Gasteiger partial charge in [0.1, 0.15) is 0 Å². The molecule has 7 nitrogen and oxygen atoms in total. The first-order chi connectivity index (χ1) is 14.7. The maximum atomic E-state index is 12.5. The van der Waals surface area contributed by atoms with Gasteiger partial charge in [0.25, 0.3) is 5.91 Å². The molecule has 31 heavy (non-hydrogen) atoms. The van der Waals surface area contributed by atoms with Crippen LogP contribution in [0.1, 0.15) is 40.3 Å². The summed E-state index contributed by atoms with van der Waals surface area (Å²) in [6, 6.07) is 12.7. The Labute approximate surface area is 194 Å². The average Bonchev–Trinajstić information content (AvgIpc) is 3.09. The predicted molar refractivity (Wildman–Crippen MR) is 126 cm³/mol. The van der Waals surface area contributed by atoms with Crippen LogP contribution in [0.4, 0.5) is 5.69 Å². The lowest BCUT2D eigenvalue weighted by Crippen LogP contribution is -2.28. The number of carbonyl (C=O) groups excluding carboxylic acids is 2. The molecule has 0 fully saturated rings. The Morgan fingerprint density at radius 3 is 2.52 bits per heavy atom. The van der Waals surface area contributed by atoms with Crippen LogP contribution in [0.15, 0.2) is 52.1 Å². The molecule has 0 saturated carbocycles.